The fourth-order valence-electron chi connectivity index (χ4n) is 4.52. The topological polar surface area (TPSA) is 155 Å². The molecule has 0 radical (unpaired) electrons. The van der Waals surface area contributed by atoms with Gasteiger partial charge in [0, 0.05) is 44.1 Å². The average Bonchev–Trinajstić information content (AvgIpc) is 3.42. The predicted molar refractivity (Wildman–Crippen MR) is 156 cm³/mol. The highest BCUT2D eigenvalue weighted by atomic mass is 32.2. The van der Waals surface area contributed by atoms with E-state index in [-0.39, 0.29) is 47.9 Å². The second-order valence-corrected chi connectivity index (χ2v) is 12.3. The van der Waals surface area contributed by atoms with Crippen LogP contribution >= 0.6 is 0 Å². The van der Waals surface area contributed by atoms with Gasteiger partial charge >= 0.3 is 6.03 Å². The van der Waals surface area contributed by atoms with Crippen LogP contribution in [0.4, 0.5) is 16.2 Å². The third-order valence-corrected chi connectivity index (χ3v) is 8.77. The van der Waals surface area contributed by atoms with Crippen molar-refractivity contribution < 1.29 is 32.6 Å². The first-order valence-electron chi connectivity index (χ1n) is 13.3. The second-order valence-electron chi connectivity index (χ2n) is 10.3. The summed E-state index contributed by atoms with van der Waals surface area (Å²) in [7, 11) is 0.790. The number of urea groups is 1. The first-order valence-corrected chi connectivity index (χ1v) is 14.8. The van der Waals surface area contributed by atoms with Crippen LogP contribution in [-0.2, 0) is 17.1 Å². The monoisotopic (exact) mass is 600 g/mol. The number of hydrogen-bond acceptors (Lipinski definition) is 8. The van der Waals surface area contributed by atoms with Crippen LogP contribution in [0.5, 0.6) is 11.5 Å². The summed E-state index contributed by atoms with van der Waals surface area (Å²) in [4.78, 5) is 31.9. The number of anilines is 2. The number of rotatable bonds is 9. The van der Waals surface area contributed by atoms with Crippen LogP contribution in [0.2, 0.25) is 0 Å². The molecule has 0 unspecified atom stereocenters. The Labute approximate surface area is 245 Å². The minimum atomic E-state index is -3.90. The van der Waals surface area contributed by atoms with Gasteiger partial charge in [-0.1, -0.05) is 6.92 Å². The SMILES string of the molecule is COc1ccc(NC(=O)Nc2ccc3c(c2)C(=O)N([C@@H](C)CO)C[C@H](C)[C@H](CN(C)S(=O)(=O)c2cn(C)cn2)O3)cc1. The molecule has 42 heavy (non-hydrogen) atoms. The van der Waals surface area contributed by atoms with Gasteiger partial charge in [0.25, 0.3) is 15.9 Å². The van der Waals surface area contributed by atoms with Gasteiger partial charge in [0.05, 0.1) is 38.2 Å². The van der Waals surface area contributed by atoms with Crippen molar-refractivity contribution in [3.63, 3.8) is 0 Å². The van der Waals surface area contributed by atoms with Crippen molar-refractivity contribution >= 4 is 33.3 Å². The number of aliphatic hydroxyl groups excluding tert-OH is 1. The molecule has 1 aliphatic rings. The molecule has 0 spiro atoms. The number of ether oxygens (including phenoxy) is 2. The highest BCUT2D eigenvalue weighted by molar-refractivity contribution is 7.89. The Bertz CT molecular complexity index is 1530. The van der Waals surface area contributed by atoms with E-state index in [1.54, 1.807) is 62.0 Å². The molecule has 0 aliphatic carbocycles. The number of nitrogens with zero attached hydrogens (tertiary/aromatic N) is 4. The molecule has 1 aromatic heterocycles. The lowest BCUT2D eigenvalue weighted by Gasteiger charge is -2.38. The first-order chi connectivity index (χ1) is 19.9. The minimum absolute atomic E-state index is 0.0146. The Morgan fingerprint density at radius 3 is 2.50 bits per heavy atom. The summed E-state index contributed by atoms with van der Waals surface area (Å²) >= 11 is 0. The Kier molecular flexibility index (Phi) is 9.39. The van der Waals surface area contributed by atoms with E-state index in [0.29, 0.717) is 17.1 Å². The number of carbonyl (C=O) groups is 2. The summed E-state index contributed by atoms with van der Waals surface area (Å²) in [5, 5.41) is 15.3. The zero-order valence-corrected chi connectivity index (χ0v) is 25.0. The summed E-state index contributed by atoms with van der Waals surface area (Å²) in [5.41, 5.74) is 1.06. The number of nitrogens with one attached hydrogen (secondary N) is 2. The predicted octanol–water partition coefficient (Wildman–Crippen LogP) is 2.61. The van der Waals surface area contributed by atoms with E-state index in [0.717, 1.165) is 0 Å². The Morgan fingerprint density at radius 1 is 1.21 bits per heavy atom. The Balaban J connectivity index is 1.59. The number of benzene rings is 2. The number of amides is 3. The Hall–Kier alpha value is -4.14. The molecular formula is C28H36N6O7S. The number of methoxy groups -OCH3 is 1. The van der Waals surface area contributed by atoms with Gasteiger partial charge in [-0.25, -0.2) is 18.2 Å². The molecule has 3 amide bonds. The molecule has 0 bridgehead atoms. The van der Waals surface area contributed by atoms with Gasteiger partial charge in [-0.05, 0) is 49.4 Å². The van der Waals surface area contributed by atoms with Gasteiger partial charge < -0.3 is 34.7 Å². The van der Waals surface area contributed by atoms with E-state index < -0.39 is 28.2 Å². The maximum absolute atomic E-state index is 13.7. The summed E-state index contributed by atoms with van der Waals surface area (Å²) in [6.45, 7) is 3.51. The Morgan fingerprint density at radius 2 is 1.88 bits per heavy atom. The zero-order valence-electron chi connectivity index (χ0n) is 24.1. The maximum Gasteiger partial charge on any atom is 0.323 e. The third-order valence-electron chi connectivity index (χ3n) is 7.06. The van der Waals surface area contributed by atoms with E-state index in [2.05, 4.69) is 15.6 Å². The third kappa shape index (κ3) is 6.83. The van der Waals surface area contributed by atoms with E-state index >= 15 is 0 Å². The van der Waals surface area contributed by atoms with Crippen molar-refractivity contribution in [1.82, 2.24) is 18.8 Å². The molecule has 14 heteroatoms. The van der Waals surface area contributed by atoms with Crippen LogP contribution in [-0.4, -0.2) is 90.2 Å². The second kappa shape index (κ2) is 12.8. The minimum Gasteiger partial charge on any atom is -0.497 e. The standard InChI is InChI=1S/C28H36N6O7S/c1-18-13-34(19(2)16-35)27(36)23-12-21(31-28(37)30-20-6-9-22(40-5)10-7-20)8-11-24(23)41-25(18)14-33(4)42(38,39)26-15-32(3)17-29-26/h6-12,15,17-19,25,35H,13-14,16H2,1-5H3,(H2,30,31,37)/t18-,19-,25-/m0/s1. The molecule has 226 valence electrons. The molecule has 1 aliphatic heterocycles. The normalized spacial score (nSPS) is 18.0. The van der Waals surface area contributed by atoms with Crippen LogP contribution in [0.3, 0.4) is 0 Å². The summed E-state index contributed by atoms with van der Waals surface area (Å²) in [6.07, 6.45) is 2.19. The number of likely N-dealkylation sites (N-methyl/N-ethyl adjacent to an activating group) is 1. The zero-order chi connectivity index (χ0) is 30.6. The van der Waals surface area contributed by atoms with Crippen LogP contribution in [0.25, 0.3) is 0 Å². The van der Waals surface area contributed by atoms with E-state index in [1.165, 1.54) is 34.8 Å². The summed E-state index contributed by atoms with van der Waals surface area (Å²) < 4.78 is 40.4. The molecule has 4 rings (SSSR count). The van der Waals surface area contributed by atoms with Gasteiger partial charge in [0.15, 0.2) is 5.03 Å². The largest absolute Gasteiger partial charge is 0.497 e. The number of fused-ring (bicyclic) bond motifs is 1. The fraction of sp³-hybridized carbons (Fsp3) is 0.393. The number of hydrogen-bond donors (Lipinski definition) is 3. The van der Waals surface area contributed by atoms with Crippen molar-refractivity contribution in [1.29, 1.82) is 0 Å². The van der Waals surface area contributed by atoms with Crippen molar-refractivity contribution in [3.05, 3.63) is 60.6 Å². The van der Waals surface area contributed by atoms with Gasteiger partial charge in [-0.3, -0.25) is 4.79 Å². The van der Waals surface area contributed by atoms with Gasteiger partial charge in [0.2, 0.25) is 0 Å². The maximum atomic E-state index is 13.7. The van der Waals surface area contributed by atoms with Crippen LogP contribution in [0, 0.1) is 5.92 Å². The van der Waals surface area contributed by atoms with E-state index in [1.807, 2.05) is 6.92 Å². The van der Waals surface area contributed by atoms with Gasteiger partial charge in [-0.15, -0.1) is 0 Å². The summed E-state index contributed by atoms with van der Waals surface area (Å²) in [5.74, 6) is 0.198. The number of carbonyl (C=O) groups excluding carboxylic acids is 2. The highest BCUT2D eigenvalue weighted by Crippen LogP contribution is 2.31. The quantitative estimate of drug-likeness (QED) is 0.339. The molecular weight excluding hydrogens is 564 g/mol. The average molecular weight is 601 g/mol. The van der Waals surface area contributed by atoms with E-state index in [4.69, 9.17) is 9.47 Å². The highest BCUT2D eigenvalue weighted by Gasteiger charge is 2.35. The van der Waals surface area contributed by atoms with Gasteiger partial charge in [0.1, 0.15) is 17.6 Å². The van der Waals surface area contributed by atoms with E-state index in [9.17, 15) is 23.1 Å². The number of aryl methyl sites for hydroxylation is 1. The first kappa shape index (κ1) is 30.8. The molecule has 13 nitrogen and oxygen atoms in total. The summed E-state index contributed by atoms with van der Waals surface area (Å²) in [6, 6.07) is 10.4. The molecule has 0 fully saturated rings. The number of aromatic nitrogens is 2. The number of aliphatic hydroxyl groups is 1. The molecule has 2 heterocycles. The number of sulfonamides is 1. The lowest BCUT2D eigenvalue weighted by atomic mass is 9.99. The fourth-order valence-corrected chi connectivity index (χ4v) is 5.66. The smallest absolute Gasteiger partial charge is 0.323 e. The molecule has 3 aromatic rings. The number of imidazole rings is 1. The molecule has 0 saturated carbocycles. The lowest BCUT2D eigenvalue weighted by Crippen LogP contribution is -2.50. The van der Waals surface area contributed by atoms with Crippen molar-refractivity contribution in [2.45, 2.75) is 31.0 Å². The van der Waals surface area contributed by atoms with Crippen molar-refractivity contribution in [2.75, 3.05) is 44.5 Å². The molecule has 3 atom stereocenters. The van der Waals surface area contributed by atoms with Crippen molar-refractivity contribution in [2.24, 2.45) is 13.0 Å². The van der Waals surface area contributed by atoms with Crippen LogP contribution in [0.15, 0.2) is 60.0 Å². The van der Waals surface area contributed by atoms with Crippen LogP contribution in [0.1, 0.15) is 24.2 Å². The van der Waals surface area contributed by atoms with Crippen LogP contribution < -0.4 is 20.1 Å². The van der Waals surface area contributed by atoms with Crippen molar-refractivity contribution in [3.8, 4) is 11.5 Å². The van der Waals surface area contributed by atoms with Gasteiger partial charge in [-0.2, -0.15) is 4.31 Å². The molecule has 3 N–H and O–H groups in total. The molecule has 2 aromatic carbocycles. The lowest BCUT2D eigenvalue weighted by molar-refractivity contribution is 0.0387. The molecule has 0 saturated heterocycles.